The number of rotatable bonds is 4. The second kappa shape index (κ2) is 6.61. The van der Waals surface area contributed by atoms with Gasteiger partial charge in [-0.25, -0.2) is 4.39 Å². The molecular formula is C16H16ClFOS. The molecule has 0 spiro atoms. The van der Waals surface area contributed by atoms with Crippen LogP contribution in [0, 0.1) is 19.7 Å². The molecule has 1 unspecified atom stereocenters. The van der Waals surface area contributed by atoms with Crippen LogP contribution >= 0.6 is 23.4 Å². The summed E-state index contributed by atoms with van der Waals surface area (Å²) in [5.41, 5.74) is 2.03. The summed E-state index contributed by atoms with van der Waals surface area (Å²) in [5.74, 6) is 0.0642. The van der Waals surface area contributed by atoms with Crippen molar-refractivity contribution in [1.29, 1.82) is 0 Å². The van der Waals surface area contributed by atoms with Crippen molar-refractivity contribution in [2.24, 2.45) is 0 Å². The Morgan fingerprint density at radius 3 is 2.45 bits per heavy atom. The van der Waals surface area contributed by atoms with Crippen LogP contribution in [0.2, 0.25) is 5.02 Å². The Morgan fingerprint density at radius 1 is 1.20 bits per heavy atom. The third-order valence-corrected chi connectivity index (χ3v) is 4.38. The molecular weight excluding hydrogens is 295 g/mol. The monoisotopic (exact) mass is 310 g/mol. The van der Waals surface area contributed by atoms with Crippen molar-refractivity contribution in [2.45, 2.75) is 24.8 Å². The van der Waals surface area contributed by atoms with E-state index in [9.17, 15) is 9.50 Å². The van der Waals surface area contributed by atoms with Crippen molar-refractivity contribution in [3.63, 3.8) is 0 Å². The fourth-order valence-corrected chi connectivity index (χ4v) is 3.11. The van der Waals surface area contributed by atoms with Gasteiger partial charge in [-0.1, -0.05) is 17.7 Å². The Bertz CT molecular complexity index is 575. The topological polar surface area (TPSA) is 20.2 Å². The molecule has 0 radical (unpaired) electrons. The Hall–Kier alpha value is -1.03. The highest BCUT2D eigenvalue weighted by Crippen LogP contribution is 2.29. The number of hydrogen-bond acceptors (Lipinski definition) is 2. The molecule has 2 aromatic carbocycles. The lowest BCUT2D eigenvalue weighted by molar-refractivity contribution is 0.198. The lowest BCUT2D eigenvalue weighted by Crippen LogP contribution is -2.06. The van der Waals surface area contributed by atoms with E-state index in [1.807, 2.05) is 32.0 Å². The summed E-state index contributed by atoms with van der Waals surface area (Å²) in [4.78, 5) is 0.999. The number of halogens is 2. The fourth-order valence-electron chi connectivity index (χ4n) is 2.14. The van der Waals surface area contributed by atoms with Gasteiger partial charge in [-0.2, -0.15) is 0 Å². The minimum Gasteiger partial charge on any atom is -0.387 e. The van der Waals surface area contributed by atoms with Crippen LogP contribution in [0.4, 0.5) is 4.39 Å². The second-order valence-corrected chi connectivity index (χ2v) is 6.29. The predicted octanol–water partition coefficient (Wildman–Crippen LogP) is 4.92. The van der Waals surface area contributed by atoms with E-state index < -0.39 is 6.10 Å². The summed E-state index contributed by atoms with van der Waals surface area (Å²) in [6.07, 6.45) is -0.823. The summed E-state index contributed by atoms with van der Waals surface area (Å²) in [6, 6.07) is 10.7. The van der Waals surface area contributed by atoms with Gasteiger partial charge in [-0.05, 0) is 55.3 Å². The van der Waals surface area contributed by atoms with E-state index in [1.165, 1.54) is 17.8 Å². The summed E-state index contributed by atoms with van der Waals surface area (Å²) < 4.78 is 14.0. The highest BCUT2D eigenvalue weighted by molar-refractivity contribution is 7.99. The van der Waals surface area contributed by atoms with Crippen LogP contribution in [0.15, 0.2) is 41.3 Å². The van der Waals surface area contributed by atoms with E-state index in [4.69, 9.17) is 11.6 Å². The van der Waals surface area contributed by atoms with Gasteiger partial charge in [0.15, 0.2) is 0 Å². The van der Waals surface area contributed by atoms with Crippen molar-refractivity contribution < 1.29 is 9.50 Å². The largest absolute Gasteiger partial charge is 0.387 e. The molecule has 0 aliphatic carbocycles. The summed E-state index contributed by atoms with van der Waals surface area (Å²) in [5, 5.41) is 10.9. The molecule has 0 saturated heterocycles. The zero-order chi connectivity index (χ0) is 14.7. The van der Waals surface area contributed by atoms with E-state index in [1.54, 1.807) is 12.1 Å². The molecule has 1 atom stereocenters. The quantitative estimate of drug-likeness (QED) is 0.809. The van der Waals surface area contributed by atoms with Gasteiger partial charge in [0.05, 0.1) is 6.10 Å². The van der Waals surface area contributed by atoms with E-state index >= 15 is 0 Å². The molecule has 0 saturated carbocycles. The smallest absolute Gasteiger partial charge is 0.129 e. The van der Waals surface area contributed by atoms with Crippen molar-refractivity contribution in [3.8, 4) is 0 Å². The van der Waals surface area contributed by atoms with Crippen molar-refractivity contribution in [3.05, 3.63) is 63.9 Å². The van der Waals surface area contributed by atoms with Gasteiger partial charge >= 0.3 is 0 Å². The molecule has 20 heavy (non-hydrogen) atoms. The van der Waals surface area contributed by atoms with Crippen LogP contribution in [0.3, 0.4) is 0 Å². The molecule has 106 valence electrons. The van der Waals surface area contributed by atoms with Crippen LogP contribution in [0.25, 0.3) is 0 Å². The molecule has 0 aliphatic heterocycles. The van der Waals surface area contributed by atoms with E-state index in [0.29, 0.717) is 16.3 Å². The standard InChI is InChI=1S/C16H16ClFOS/c1-10-7-11(2)16(14(18)8-10)15(19)9-20-13-5-3-12(17)4-6-13/h3-8,15,19H,9H2,1-2H3. The molecule has 0 amide bonds. The zero-order valence-corrected chi connectivity index (χ0v) is 12.9. The number of aliphatic hydroxyl groups excluding tert-OH is 1. The minimum atomic E-state index is -0.823. The third kappa shape index (κ3) is 3.75. The average molecular weight is 311 g/mol. The molecule has 1 N–H and O–H groups in total. The summed E-state index contributed by atoms with van der Waals surface area (Å²) in [7, 11) is 0. The number of aliphatic hydroxyl groups is 1. The van der Waals surface area contributed by atoms with Crippen LogP contribution in [0.1, 0.15) is 22.8 Å². The molecule has 0 fully saturated rings. The van der Waals surface area contributed by atoms with E-state index in [2.05, 4.69) is 0 Å². The fraction of sp³-hybridized carbons (Fsp3) is 0.250. The van der Waals surface area contributed by atoms with Crippen LogP contribution in [-0.4, -0.2) is 10.9 Å². The maximum Gasteiger partial charge on any atom is 0.129 e. The average Bonchev–Trinajstić information content (AvgIpc) is 2.37. The van der Waals surface area contributed by atoms with Crippen LogP contribution in [0.5, 0.6) is 0 Å². The van der Waals surface area contributed by atoms with Crippen molar-refractivity contribution >= 4 is 23.4 Å². The van der Waals surface area contributed by atoms with Gasteiger partial charge in [0.25, 0.3) is 0 Å². The first-order valence-electron chi connectivity index (χ1n) is 6.30. The Balaban J connectivity index is 2.09. The molecule has 0 aliphatic rings. The van der Waals surface area contributed by atoms with E-state index in [-0.39, 0.29) is 5.82 Å². The Morgan fingerprint density at radius 2 is 1.85 bits per heavy atom. The summed E-state index contributed by atoms with van der Waals surface area (Å²) >= 11 is 7.30. The number of benzene rings is 2. The van der Waals surface area contributed by atoms with Crippen LogP contribution < -0.4 is 0 Å². The minimum absolute atomic E-state index is 0.341. The molecule has 0 aromatic heterocycles. The molecule has 0 heterocycles. The first kappa shape index (κ1) is 15.4. The molecule has 2 aromatic rings. The maximum absolute atomic E-state index is 14.0. The predicted molar refractivity (Wildman–Crippen MR) is 83.0 cm³/mol. The molecule has 4 heteroatoms. The maximum atomic E-state index is 14.0. The number of aryl methyl sites for hydroxylation is 2. The van der Waals surface area contributed by atoms with Gasteiger partial charge in [-0.15, -0.1) is 11.8 Å². The number of hydrogen-bond donors (Lipinski definition) is 1. The Kier molecular flexibility index (Phi) is 5.08. The second-order valence-electron chi connectivity index (χ2n) is 4.76. The van der Waals surface area contributed by atoms with Gasteiger partial charge in [0.2, 0.25) is 0 Å². The molecule has 2 rings (SSSR count). The SMILES string of the molecule is Cc1cc(C)c(C(O)CSc2ccc(Cl)cc2)c(F)c1. The zero-order valence-electron chi connectivity index (χ0n) is 11.4. The first-order valence-corrected chi connectivity index (χ1v) is 7.67. The summed E-state index contributed by atoms with van der Waals surface area (Å²) in [6.45, 7) is 3.66. The van der Waals surface area contributed by atoms with Crippen molar-refractivity contribution in [2.75, 3.05) is 5.75 Å². The van der Waals surface area contributed by atoms with Gasteiger partial charge in [0, 0.05) is 21.2 Å². The van der Waals surface area contributed by atoms with Crippen molar-refractivity contribution in [1.82, 2.24) is 0 Å². The third-order valence-electron chi connectivity index (χ3n) is 3.04. The first-order chi connectivity index (χ1) is 9.47. The van der Waals surface area contributed by atoms with Gasteiger partial charge in [-0.3, -0.25) is 0 Å². The van der Waals surface area contributed by atoms with Gasteiger partial charge in [0.1, 0.15) is 5.82 Å². The lowest BCUT2D eigenvalue weighted by atomic mass is 10.0. The molecule has 1 nitrogen and oxygen atoms in total. The van der Waals surface area contributed by atoms with Gasteiger partial charge < -0.3 is 5.11 Å². The highest BCUT2D eigenvalue weighted by Gasteiger charge is 2.16. The number of thioether (sulfide) groups is 1. The highest BCUT2D eigenvalue weighted by atomic mass is 35.5. The lowest BCUT2D eigenvalue weighted by Gasteiger charge is -2.15. The normalized spacial score (nSPS) is 12.4. The van der Waals surface area contributed by atoms with E-state index in [0.717, 1.165) is 16.0 Å². The van der Waals surface area contributed by atoms with Crippen LogP contribution in [-0.2, 0) is 0 Å². The molecule has 0 bridgehead atoms. The Labute approximate surface area is 127 Å².